The second kappa shape index (κ2) is 5.21. The zero-order valence-corrected chi connectivity index (χ0v) is 15.5. The van der Waals surface area contributed by atoms with E-state index in [1.54, 1.807) is 4.42 Å². The summed E-state index contributed by atoms with van der Waals surface area (Å²) in [5, 5.41) is 0.203. The highest BCUT2D eigenvalue weighted by molar-refractivity contribution is 6.74. The van der Waals surface area contributed by atoms with Gasteiger partial charge in [0.15, 0.2) is 14.1 Å². The van der Waals surface area contributed by atoms with Crippen molar-refractivity contribution in [2.45, 2.75) is 76.8 Å². The summed E-state index contributed by atoms with van der Waals surface area (Å²) >= 11 is 6.33. The molecule has 2 aliphatic heterocycles. The van der Waals surface area contributed by atoms with E-state index in [-0.39, 0.29) is 23.3 Å². The number of halogens is 1. The fraction of sp³-hybridized carbons (Fsp3) is 1.00. The molecule has 2 fully saturated rings. The molecule has 2 saturated heterocycles. The average molecular weight is 322 g/mol. The molecule has 0 aromatic heterocycles. The van der Waals surface area contributed by atoms with Gasteiger partial charge in [-0.05, 0) is 43.8 Å². The first-order valence-corrected chi connectivity index (χ1v) is 10.6. The minimum absolute atomic E-state index is 0.00673. The van der Waals surface area contributed by atoms with Crippen molar-refractivity contribution < 1.29 is 13.9 Å². The van der Waals surface area contributed by atoms with Gasteiger partial charge in [0.05, 0.1) is 12.6 Å². The molecule has 20 heavy (non-hydrogen) atoms. The Balaban J connectivity index is 1.99. The molecule has 6 heteroatoms. The molecule has 0 aromatic rings. The first kappa shape index (κ1) is 16.7. The highest BCUT2D eigenvalue weighted by Gasteiger charge is 2.53. The van der Waals surface area contributed by atoms with Crippen LogP contribution in [0.4, 0.5) is 0 Å². The van der Waals surface area contributed by atoms with E-state index in [0.29, 0.717) is 13.2 Å². The Kier molecular flexibility index (Phi) is 4.36. The van der Waals surface area contributed by atoms with Crippen molar-refractivity contribution >= 4 is 20.1 Å². The predicted molar refractivity (Wildman–Crippen MR) is 83.3 cm³/mol. The minimum Gasteiger partial charge on any atom is -0.415 e. The fourth-order valence-corrected chi connectivity index (χ4v) is 3.81. The minimum atomic E-state index is -1.76. The van der Waals surface area contributed by atoms with E-state index in [2.05, 4.69) is 33.9 Å². The van der Waals surface area contributed by atoms with Gasteiger partial charge in [0, 0.05) is 6.54 Å². The van der Waals surface area contributed by atoms with Crippen LogP contribution in [0.5, 0.6) is 0 Å². The van der Waals surface area contributed by atoms with Crippen LogP contribution in [0.1, 0.15) is 34.6 Å². The van der Waals surface area contributed by atoms with E-state index in [4.69, 9.17) is 25.7 Å². The molecule has 0 amide bonds. The third kappa shape index (κ3) is 3.23. The zero-order valence-electron chi connectivity index (χ0n) is 13.7. The molecule has 0 unspecified atom stereocenters. The monoisotopic (exact) mass is 321 g/mol. The predicted octanol–water partition coefficient (Wildman–Crippen LogP) is 3.37. The Bertz CT molecular complexity index is 370. The van der Waals surface area contributed by atoms with Gasteiger partial charge in [-0.15, -0.1) is 0 Å². The van der Waals surface area contributed by atoms with Gasteiger partial charge in [0.25, 0.3) is 0 Å². The molecule has 4 nitrogen and oxygen atoms in total. The lowest BCUT2D eigenvalue weighted by molar-refractivity contribution is -0.158. The molecular formula is C14H28ClNO3Si. The van der Waals surface area contributed by atoms with Crippen LogP contribution in [-0.2, 0) is 13.9 Å². The van der Waals surface area contributed by atoms with E-state index in [0.717, 1.165) is 0 Å². The summed E-state index contributed by atoms with van der Waals surface area (Å²) in [5.41, 5.74) is 0. The van der Waals surface area contributed by atoms with Crippen LogP contribution >= 0.6 is 11.8 Å². The Hall–Kier alpha value is 0.347. The first-order valence-electron chi connectivity index (χ1n) is 7.35. The molecule has 0 spiro atoms. The van der Waals surface area contributed by atoms with Crippen LogP contribution in [0, 0.1) is 0 Å². The third-order valence-electron chi connectivity index (χ3n) is 4.74. The number of ether oxygens (including phenoxy) is 2. The standard InChI is InChI=1S/C14H28ClNO3Si/c1-13(2,3)20(6,7)17-9-10-12-11(8-16(10)15)18-14(4,5)19-12/h10-12H,8-9H2,1-7H3/t10-,11+,12-/m1/s1. The van der Waals surface area contributed by atoms with E-state index in [1.165, 1.54) is 0 Å². The number of rotatable bonds is 3. The normalized spacial score (nSPS) is 34.5. The summed E-state index contributed by atoms with van der Waals surface area (Å²) in [6.07, 6.45) is 0.0581. The SMILES string of the molecule is CC1(C)O[C@H]2[C@H](CN(Cl)[C@@H]2CO[Si](C)(C)C(C)(C)C)O1. The summed E-state index contributed by atoms with van der Waals surface area (Å²) < 4.78 is 20.0. The molecule has 0 saturated carbocycles. The van der Waals surface area contributed by atoms with E-state index >= 15 is 0 Å². The summed E-state index contributed by atoms with van der Waals surface area (Å²) in [6, 6.07) is 0.0672. The number of hydrogen-bond acceptors (Lipinski definition) is 4. The number of fused-ring (bicyclic) bond motifs is 1. The maximum Gasteiger partial charge on any atom is 0.192 e. The van der Waals surface area contributed by atoms with E-state index in [1.807, 2.05) is 13.8 Å². The second-order valence-corrected chi connectivity index (χ2v) is 13.1. The maximum absolute atomic E-state index is 6.33. The van der Waals surface area contributed by atoms with E-state index in [9.17, 15) is 0 Å². The van der Waals surface area contributed by atoms with Crippen molar-refractivity contribution in [2.75, 3.05) is 13.2 Å². The Morgan fingerprint density at radius 3 is 2.45 bits per heavy atom. The van der Waals surface area contributed by atoms with Crippen LogP contribution in [-0.4, -0.2) is 49.9 Å². The molecule has 0 N–H and O–H groups in total. The van der Waals surface area contributed by atoms with Crippen LogP contribution < -0.4 is 0 Å². The Morgan fingerprint density at radius 1 is 1.30 bits per heavy atom. The lowest BCUT2D eigenvalue weighted by Crippen LogP contribution is -2.46. The largest absolute Gasteiger partial charge is 0.415 e. The van der Waals surface area contributed by atoms with Crippen LogP contribution in [0.25, 0.3) is 0 Å². The average Bonchev–Trinajstić information content (AvgIpc) is 2.64. The first-order chi connectivity index (χ1) is 8.93. The molecule has 2 aliphatic rings. The van der Waals surface area contributed by atoms with Crippen molar-refractivity contribution in [1.82, 2.24) is 4.42 Å². The van der Waals surface area contributed by atoms with Gasteiger partial charge >= 0.3 is 0 Å². The van der Waals surface area contributed by atoms with Gasteiger partial charge in [0.2, 0.25) is 0 Å². The van der Waals surface area contributed by atoms with Gasteiger partial charge in [-0.25, -0.2) is 4.42 Å². The van der Waals surface area contributed by atoms with Gasteiger partial charge in [0.1, 0.15) is 12.2 Å². The molecule has 0 bridgehead atoms. The summed E-state index contributed by atoms with van der Waals surface area (Å²) in [7, 11) is -1.76. The van der Waals surface area contributed by atoms with Gasteiger partial charge in [-0.3, -0.25) is 0 Å². The highest BCUT2D eigenvalue weighted by Crippen LogP contribution is 2.40. The number of hydrogen-bond donors (Lipinski definition) is 0. The summed E-state index contributed by atoms with van der Waals surface area (Å²) in [6.45, 7) is 16.5. The molecule has 0 aromatic carbocycles. The molecule has 3 atom stereocenters. The Morgan fingerprint density at radius 2 is 1.90 bits per heavy atom. The van der Waals surface area contributed by atoms with Crippen molar-refractivity contribution in [3.63, 3.8) is 0 Å². The molecule has 2 heterocycles. The zero-order chi connectivity index (χ0) is 15.3. The molecular weight excluding hydrogens is 294 g/mol. The topological polar surface area (TPSA) is 30.9 Å². The Labute approximate surface area is 128 Å². The summed E-state index contributed by atoms with van der Waals surface area (Å²) in [5.74, 6) is -0.511. The lowest BCUT2D eigenvalue weighted by Gasteiger charge is -2.38. The lowest BCUT2D eigenvalue weighted by atomic mass is 10.1. The molecule has 118 valence electrons. The number of nitrogens with zero attached hydrogens (tertiary/aromatic N) is 1. The van der Waals surface area contributed by atoms with Crippen LogP contribution in [0.15, 0.2) is 0 Å². The van der Waals surface area contributed by atoms with Gasteiger partial charge in [-0.1, -0.05) is 20.8 Å². The third-order valence-corrected chi connectivity index (χ3v) is 9.63. The molecule has 0 aliphatic carbocycles. The van der Waals surface area contributed by atoms with Crippen LogP contribution in [0.2, 0.25) is 18.1 Å². The highest BCUT2D eigenvalue weighted by atomic mass is 35.5. The second-order valence-electron chi connectivity index (χ2n) is 7.86. The fourth-order valence-electron chi connectivity index (χ4n) is 2.48. The van der Waals surface area contributed by atoms with Crippen LogP contribution in [0.3, 0.4) is 0 Å². The van der Waals surface area contributed by atoms with Crippen molar-refractivity contribution in [2.24, 2.45) is 0 Å². The van der Waals surface area contributed by atoms with Gasteiger partial charge in [-0.2, -0.15) is 0 Å². The molecule has 0 radical (unpaired) electrons. The summed E-state index contributed by atoms with van der Waals surface area (Å²) in [4.78, 5) is 0. The smallest absolute Gasteiger partial charge is 0.192 e. The van der Waals surface area contributed by atoms with Crippen molar-refractivity contribution in [3.8, 4) is 0 Å². The van der Waals surface area contributed by atoms with Gasteiger partial charge < -0.3 is 13.9 Å². The molecule has 2 rings (SSSR count). The van der Waals surface area contributed by atoms with Crippen molar-refractivity contribution in [1.29, 1.82) is 0 Å². The maximum atomic E-state index is 6.33. The quantitative estimate of drug-likeness (QED) is 0.589. The van der Waals surface area contributed by atoms with Crippen molar-refractivity contribution in [3.05, 3.63) is 0 Å². The van der Waals surface area contributed by atoms with E-state index < -0.39 is 14.1 Å².